The average molecular weight is 501 g/mol. The molecule has 1 aliphatic heterocycles. The van der Waals surface area contributed by atoms with Crippen molar-refractivity contribution in [2.45, 2.75) is 70.7 Å². The number of anilines is 1. The number of likely N-dealkylation sites (tertiary alicyclic amines) is 1. The summed E-state index contributed by atoms with van der Waals surface area (Å²) >= 11 is 0. The highest BCUT2D eigenvalue weighted by atomic mass is 32.2. The predicted molar refractivity (Wildman–Crippen MR) is 138 cm³/mol. The first-order valence-electron chi connectivity index (χ1n) is 12.2. The number of urea groups is 1. The number of hydrogen-bond donors (Lipinski definition) is 2. The van der Waals surface area contributed by atoms with Crippen molar-refractivity contribution in [1.29, 1.82) is 0 Å². The molecule has 2 heterocycles. The van der Waals surface area contributed by atoms with E-state index in [0.29, 0.717) is 11.6 Å². The summed E-state index contributed by atoms with van der Waals surface area (Å²) in [5.41, 5.74) is 5.67. The Morgan fingerprint density at radius 1 is 1.17 bits per heavy atom. The molecule has 1 aromatic carbocycles. The van der Waals surface area contributed by atoms with Crippen molar-refractivity contribution in [2.24, 2.45) is 0 Å². The summed E-state index contributed by atoms with van der Waals surface area (Å²) in [7, 11) is -1.73. The minimum absolute atomic E-state index is 0.126. The molecule has 0 bridgehead atoms. The minimum Gasteiger partial charge on any atom is -0.474 e. The van der Waals surface area contributed by atoms with Gasteiger partial charge in [0.15, 0.2) is 0 Å². The monoisotopic (exact) mass is 500 g/mol. The topological polar surface area (TPSA) is 101 Å². The van der Waals surface area contributed by atoms with Crippen LogP contribution in [-0.2, 0) is 22.9 Å². The number of hydrogen-bond acceptors (Lipinski definition) is 6. The van der Waals surface area contributed by atoms with E-state index >= 15 is 0 Å². The van der Waals surface area contributed by atoms with E-state index in [1.807, 2.05) is 19.1 Å². The van der Waals surface area contributed by atoms with Gasteiger partial charge >= 0.3 is 6.03 Å². The average Bonchev–Trinajstić information content (AvgIpc) is 3.23. The number of rotatable bonds is 5. The van der Waals surface area contributed by atoms with Crippen molar-refractivity contribution < 1.29 is 17.9 Å². The van der Waals surface area contributed by atoms with Gasteiger partial charge in [0.05, 0.1) is 10.4 Å². The van der Waals surface area contributed by atoms with Crippen molar-refractivity contribution in [3.8, 4) is 17.0 Å². The quantitative estimate of drug-likeness (QED) is 0.636. The first-order chi connectivity index (χ1) is 16.4. The lowest BCUT2D eigenvalue weighted by Crippen LogP contribution is -2.44. The van der Waals surface area contributed by atoms with Gasteiger partial charge in [-0.3, -0.25) is 0 Å². The zero-order valence-electron chi connectivity index (χ0n) is 21.3. The summed E-state index contributed by atoms with van der Waals surface area (Å²) in [5, 5.41) is 2.89. The van der Waals surface area contributed by atoms with Gasteiger partial charge in [-0.2, -0.15) is 0 Å². The lowest BCUT2D eigenvalue weighted by molar-refractivity contribution is 0.110. The lowest BCUT2D eigenvalue weighted by atomic mass is 9.93. The normalized spacial score (nSPS) is 17.2. The summed E-state index contributed by atoms with van der Waals surface area (Å²) in [5.74, 6) is 0.558. The van der Waals surface area contributed by atoms with E-state index < -0.39 is 20.8 Å². The molecule has 1 saturated heterocycles. The molecule has 1 aromatic heterocycles. The van der Waals surface area contributed by atoms with Crippen LogP contribution in [0.3, 0.4) is 0 Å². The molecule has 0 radical (unpaired) electrons. The Hall–Kier alpha value is -2.65. The number of carbonyl (C=O) groups is 1. The second kappa shape index (κ2) is 9.78. The maximum atomic E-state index is 12.9. The van der Waals surface area contributed by atoms with Gasteiger partial charge in [-0.05, 0) is 95.2 Å². The molecule has 0 saturated carbocycles. The van der Waals surface area contributed by atoms with Gasteiger partial charge < -0.3 is 15.0 Å². The van der Waals surface area contributed by atoms with Crippen LogP contribution in [0.5, 0.6) is 5.88 Å². The van der Waals surface area contributed by atoms with Crippen LogP contribution in [0.4, 0.5) is 10.5 Å². The van der Waals surface area contributed by atoms with Gasteiger partial charge in [0, 0.05) is 30.9 Å². The van der Waals surface area contributed by atoms with E-state index in [1.165, 1.54) is 5.56 Å². The summed E-state index contributed by atoms with van der Waals surface area (Å²) in [6.07, 6.45) is 6.52. The Kier molecular flexibility index (Phi) is 7.11. The lowest BCUT2D eigenvalue weighted by Gasteiger charge is -2.29. The number of carbonyl (C=O) groups excluding carboxylic acids is 1. The van der Waals surface area contributed by atoms with Gasteiger partial charge in [0.2, 0.25) is 15.9 Å². The van der Waals surface area contributed by atoms with E-state index in [2.05, 4.69) is 33.0 Å². The summed E-state index contributed by atoms with van der Waals surface area (Å²) in [6.45, 7) is 8.68. The fourth-order valence-corrected chi connectivity index (χ4v) is 5.32. The Morgan fingerprint density at radius 2 is 1.89 bits per heavy atom. The molecule has 2 aromatic rings. The van der Waals surface area contributed by atoms with E-state index in [9.17, 15) is 13.2 Å². The van der Waals surface area contributed by atoms with E-state index in [-0.39, 0.29) is 6.10 Å². The van der Waals surface area contributed by atoms with E-state index in [1.54, 1.807) is 27.0 Å². The number of aryl methyl sites for hydroxylation is 2. The Labute approximate surface area is 208 Å². The molecule has 190 valence electrons. The van der Waals surface area contributed by atoms with Crippen molar-refractivity contribution >= 4 is 21.7 Å². The molecule has 0 unspecified atom stereocenters. The Bertz CT molecular complexity index is 1210. The number of fused-ring (bicyclic) bond motifs is 1. The molecule has 2 aliphatic rings. The van der Waals surface area contributed by atoms with Crippen molar-refractivity contribution in [1.82, 2.24) is 14.6 Å². The number of amides is 2. The first kappa shape index (κ1) is 25.4. The van der Waals surface area contributed by atoms with Crippen molar-refractivity contribution in [3.63, 3.8) is 0 Å². The maximum Gasteiger partial charge on any atom is 0.332 e. The van der Waals surface area contributed by atoms with E-state index in [0.717, 1.165) is 67.4 Å². The number of pyridine rings is 1. The molecule has 0 atom stereocenters. The van der Waals surface area contributed by atoms with Crippen LogP contribution >= 0.6 is 0 Å². The zero-order chi connectivity index (χ0) is 25.4. The fraction of sp³-hybridized carbons (Fsp3) is 0.538. The SMILES string of the molecule is Cc1cc2c(c(NC(=O)NS(=O)(=O)C(C)(C)C)c1-c1ccnc(OC3CCN(C)CC3)c1)CCC2. The predicted octanol–water partition coefficient (Wildman–Crippen LogP) is 4.27. The van der Waals surface area contributed by atoms with Crippen LogP contribution in [0.1, 0.15) is 56.7 Å². The molecule has 1 fully saturated rings. The molecule has 2 N–H and O–H groups in total. The van der Waals surface area contributed by atoms with Crippen LogP contribution in [0.2, 0.25) is 0 Å². The number of aromatic nitrogens is 1. The molecular weight excluding hydrogens is 464 g/mol. The molecule has 35 heavy (non-hydrogen) atoms. The van der Waals surface area contributed by atoms with Gasteiger partial charge in [-0.15, -0.1) is 0 Å². The zero-order valence-corrected chi connectivity index (χ0v) is 22.1. The third-order valence-electron chi connectivity index (χ3n) is 6.85. The number of sulfonamides is 1. The molecular formula is C26H36N4O4S. The van der Waals surface area contributed by atoms with Crippen LogP contribution in [0, 0.1) is 6.92 Å². The summed E-state index contributed by atoms with van der Waals surface area (Å²) < 4.78 is 32.4. The molecule has 0 spiro atoms. The second-order valence-electron chi connectivity index (χ2n) is 10.6. The molecule has 9 heteroatoms. The van der Waals surface area contributed by atoms with Gasteiger partial charge in [0.1, 0.15) is 6.10 Å². The highest BCUT2D eigenvalue weighted by Gasteiger charge is 2.31. The standard InChI is InChI=1S/C26H36N4O4S/c1-17-15-18-7-6-8-21(18)24(28-25(31)29-35(32,33)26(2,3)4)23(17)19-9-12-27-22(16-19)34-20-10-13-30(5)14-11-20/h9,12,15-16,20H,6-8,10-11,13-14H2,1-5H3,(H2,28,29,31). The summed E-state index contributed by atoms with van der Waals surface area (Å²) in [6, 6.07) is 5.24. The van der Waals surface area contributed by atoms with Crippen LogP contribution in [0.15, 0.2) is 24.4 Å². The molecule has 1 aliphatic carbocycles. The third kappa shape index (κ3) is 5.62. The number of benzene rings is 1. The smallest absolute Gasteiger partial charge is 0.332 e. The highest BCUT2D eigenvalue weighted by molar-refractivity contribution is 7.91. The number of piperidine rings is 1. The molecule has 8 nitrogen and oxygen atoms in total. The minimum atomic E-state index is -3.84. The largest absolute Gasteiger partial charge is 0.474 e. The highest BCUT2D eigenvalue weighted by Crippen LogP contribution is 2.41. The third-order valence-corrected chi connectivity index (χ3v) is 8.91. The fourth-order valence-electron chi connectivity index (χ4n) is 4.72. The van der Waals surface area contributed by atoms with Gasteiger partial charge in [-0.1, -0.05) is 6.07 Å². The van der Waals surface area contributed by atoms with Crippen LogP contribution < -0.4 is 14.8 Å². The second-order valence-corrected chi connectivity index (χ2v) is 13.0. The molecule has 4 rings (SSSR count). The van der Waals surface area contributed by atoms with E-state index in [4.69, 9.17) is 4.74 Å². The van der Waals surface area contributed by atoms with Gasteiger partial charge in [-0.25, -0.2) is 22.9 Å². The van der Waals surface area contributed by atoms with Crippen molar-refractivity contribution in [3.05, 3.63) is 41.1 Å². The number of nitrogens with one attached hydrogen (secondary N) is 2. The number of nitrogens with zero attached hydrogens (tertiary/aromatic N) is 2. The van der Waals surface area contributed by atoms with Crippen molar-refractivity contribution in [2.75, 3.05) is 25.5 Å². The Morgan fingerprint density at radius 3 is 2.57 bits per heavy atom. The summed E-state index contributed by atoms with van der Waals surface area (Å²) in [4.78, 5) is 19.6. The Balaban J connectivity index is 1.66. The first-order valence-corrected chi connectivity index (χ1v) is 13.7. The van der Waals surface area contributed by atoms with Crippen LogP contribution in [-0.4, -0.2) is 55.3 Å². The maximum absolute atomic E-state index is 12.9. The van der Waals surface area contributed by atoms with Gasteiger partial charge in [0.25, 0.3) is 0 Å². The van der Waals surface area contributed by atoms with Crippen LogP contribution in [0.25, 0.3) is 11.1 Å². The molecule has 2 amide bonds. The number of ether oxygens (including phenoxy) is 1.